The van der Waals surface area contributed by atoms with Crippen molar-refractivity contribution in [1.29, 1.82) is 0 Å². The Labute approximate surface area is 143 Å². The quantitative estimate of drug-likeness (QED) is 0.418. The van der Waals surface area contributed by atoms with Crippen LogP contribution in [0.15, 0.2) is 35.6 Å². The maximum atomic E-state index is 11.1. The number of hydrogen-bond donors (Lipinski definition) is 3. The zero-order chi connectivity index (χ0) is 16.8. The van der Waals surface area contributed by atoms with Crippen LogP contribution < -0.4 is 15.7 Å². The molecule has 1 aliphatic heterocycles. The molecule has 0 fully saturated rings. The van der Waals surface area contributed by atoms with Gasteiger partial charge in [0.05, 0.1) is 0 Å². The van der Waals surface area contributed by atoms with Gasteiger partial charge in [0.25, 0.3) is 0 Å². The summed E-state index contributed by atoms with van der Waals surface area (Å²) in [5, 5.41) is 14.4. The second-order valence-corrected chi connectivity index (χ2v) is 6.21. The van der Waals surface area contributed by atoms with Gasteiger partial charge in [0.1, 0.15) is 18.0 Å². The molecule has 3 rings (SSSR count). The first-order chi connectivity index (χ1) is 11.7. The molecule has 2 aromatic rings. The summed E-state index contributed by atoms with van der Waals surface area (Å²) in [7, 11) is 0. The lowest BCUT2D eigenvalue weighted by molar-refractivity contribution is -0.129. The Kier molecular flexibility index (Phi) is 5.34. The van der Waals surface area contributed by atoms with Gasteiger partial charge in [0.15, 0.2) is 5.13 Å². The van der Waals surface area contributed by atoms with Gasteiger partial charge in [-0.1, -0.05) is 11.6 Å². The summed E-state index contributed by atoms with van der Waals surface area (Å²) in [6.07, 6.45) is 7.24. The summed E-state index contributed by atoms with van der Waals surface area (Å²) >= 11 is 1.51. The largest absolute Gasteiger partial charge is 0.352 e. The molecule has 126 valence electrons. The topological polar surface area (TPSA) is 103 Å². The fourth-order valence-electron chi connectivity index (χ4n) is 2.46. The summed E-state index contributed by atoms with van der Waals surface area (Å²) in [6.45, 7) is 1.57. The molecule has 9 heteroatoms. The molecule has 1 aliphatic rings. The maximum absolute atomic E-state index is 11.1. The average molecular weight is 346 g/mol. The summed E-state index contributed by atoms with van der Waals surface area (Å²) < 4.78 is 0. The van der Waals surface area contributed by atoms with E-state index in [1.807, 2.05) is 11.4 Å². The fourth-order valence-corrected chi connectivity index (χ4v) is 3.00. The Morgan fingerprint density at radius 2 is 2.29 bits per heavy atom. The molecule has 24 heavy (non-hydrogen) atoms. The van der Waals surface area contributed by atoms with Crippen molar-refractivity contribution >= 4 is 34.0 Å². The molecule has 3 N–H and O–H groups in total. The van der Waals surface area contributed by atoms with E-state index < -0.39 is 0 Å². The normalized spacial score (nSPS) is 14.2. The molecule has 8 nitrogen and oxygen atoms in total. The number of amides is 1. The summed E-state index contributed by atoms with van der Waals surface area (Å²) in [4.78, 5) is 26.0. The van der Waals surface area contributed by atoms with Gasteiger partial charge in [-0.15, -0.1) is 11.3 Å². The molecule has 0 bridgehead atoms. The van der Waals surface area contributed by atoms with Crippen LogP contribution in [-0.4, -0.2) is 39.2 Å². The summed E-state index contributed by atoms with van der Waals surface area (Å²) in [6, 6.07) is 1.90. The van der Waals surface area contributed by atoms with Crippen molar-refractivity contribution in [3.05, 3.63) is 35.6 Å². The van der Waals surface area contributed by atoms with Crippen LogP contribution in [0.3, 0.4) is 0 Å². The molecule has 0 atom stereocenters. The first kappa shape index (κ1) is 16.3. The van der Waals surface area contributed by atoms with Gasteiger partial charge >= 0.3 is 0 Å². The molecule has 0 saturated heterocycles. The lowest BCUT2D eigenvalue weighted by atomic mass is 10.0. The van der Waals surface area contributed by atoms with Crippen molar-refractivity contribution in [2.45, 2.75) is 19.3 Å². The standard InChI is InChI=1S/C15H18N6O2S/c22-14(20-23)2-1-11-3-6-21(7-4-11)13-9-12(17-10-18-13)19-15-16-5-8-24-15/h3,5,8-10,23H,1-2,4,6-7H2,(H,20,22)(H,16,17,18,19). The van der Waals surface area contributed by atoms with Crippen LogP contribution in [0.4, 0.5) is 16.8 Å². The molecule has 0 radical (unpaired) electrons. The number of rotatable bonds is 6. The molecular weight excluding hydrogens is 328 g/mol. The van der Waals surface area contributed by atoms with Crippen LogP contribution in [0.5, 0.6) is 0 Å². The van der Waals surface area contributed by atoms with Gasteiger partial charge in [-0.3, -0.25) is 10.0 Å². The minimum atomic E-state index is -0.355. The number of hydrogen-bond acceptors (Lipinski definition) is 8. The minimum Gasteiger partial charge on any atom is -0.352 e. The predicted octanol–water partition coefficient (Wildman–Crippen LogP) is 2.10. The number of carbonyl (C=O) groups excluding carboxylic acids is 1. The van der Waals surface area contributed by atoms with E-state index in [0.717, 1.165) is 30.5 Å². The number of anilines is 3. The molecule has 0 saturated carbocycles. The van der Waals surface area contributed by atoms with Crippen molar-refractivity contribution in [3.8, 4) is 0 Å². The van der Waals surface area contributed by atoms with Crippen LogP contribution >= 0.6 is 11.3 Å². The zero-order valence-corrected chi connectivity index (χ0v) is 13.8. The van der Waals surface area contributed by atoms with Crippen LogP contribution in [0.2, 0.25) is 0 Å². The smallest absolute Gasteiger partial charge is 0.243 e. The maximum Gasteiger partial charge on any atom is 0.243 e. The first-order valence-corrected chi connectivity index (χ1v) is 8.47. The number of nitrogens with one attached hydrogen (secondary N) is 2. The third-order valence-corrected chi connectivity index (χ3v) is 4.43. The molecule has 0 aliphatic carbocycles. The van der Waals surface area contributed by atoms with E-state index in [2.05, 4.69) is 31.2 Å². The van der Waals surface area contributed by atoms with Gasteiger partial charge in [-0.2, -0.15) is 0 Å². The molecule has 2 aromatic heterocycles. The number of carbonyl (C=O) groups is 1. The van der Waals surface area contributed by atoms with Crippen molar-refractivity contribution in [3.63, 3.8) is 0 Å². The number of aromatic nitrogens is 3. The molecule has 3 heterocycles. The Hall–Kier alpha value is -2.52. The Balaban J connectivity index is 1.59. The van der Waals surface area contributed by atoms with E-state index in [1.165, 1.54) is 23.2 Å². The third-order valence-electron chi connectivity index (χ3n) is 3.75. The number of thiazole rings is 1. The number of hydroxylamine groups is 1. The highest BCUT2D eigenvalue weighted by atomic mass is 32.1. The SMILES string of the molecule is O=C(CCC1=CCN(c2cc(Nc3nccs3)ncn2)CC1)NO. The van der Waals surface area contributed by atoms with Crippen molar-refractivity contribution in [2.75, 3.05) is 23.3 Å². The van der Waals surface area contributed by atoms with E-state index in [0.29, 0.717) is 18.7 Å². The van der Waals surface area contributed by atoms with E-state index >= 15 is 0 Å². The highest BCUT2D eigenvalue weighted by molar-refractivity contribution is 7.13. The second kappa shape index (κ2) is 7.84. The molecule has 1 amide bonds. The van der Waals surface area contributed by atoms with Gasteiger partial charge in [-0.05, 0) is 12.8 Å². The third kappa shape index (κ3) is 4.27. The lowest BCUT2D eigenvalue weighted by Gasteiger charge is -2.27. The van der Waals surface area contributed by atoms with Crippen LogP contribution in [0.1, 0.15) is 19.3 Å². The van der Waals surface area contributed by atoms with Crippen molar-refractivity contribution in [2.24, 2.45) is 0 Å². The molecule has 0 aromatic carbocycles. The van der Waals surface area contributed by atoms with Crippen LogP contribution in [-0.2, 0) is 4.79 Å². The van der Waals surface area contributed by atoms with Gasteiger partial charge in [-0.25, -0.2) is 20.4 Å². The second-order valence-electron chi connectivity index (χ2n) is 5.32. The average Bonchev–Trinajstić information content (AvgIpc) is 3.13. The highest BCUT2D eigenvalue weighted by Crippen LogP contribution is 2.23. The van der Waals surface area contributed by atoms with E-state index in [9.17, 15) is 4.79 Å². The van der Waals surface area contributed by atoms with Crippen molar-refractivity contribution < 1.29 is 10.0 Å². The Bertz CT molecular complexity index is 719. The summed E-state index contributed by atoms with van der Waals surface area (Å²) in [5.74, 6) is 1.21. The van der Waals surface area contributed by atoms with E-state index in [1.54, 1.807) is 11.7 Å². The van der Waals surface area contributed by atoms with Crippen molar-refractivity contribution in [1.82, 2.24) is 20.4 Å². The van der Waals surface area contributed by atoms with E-state index in [4.69, 9.17) is 5.21 Å². The number of nitrogens with zero attached hydrogens (tertiary/aromatic N) is 4. The Morgan fingerprint density at radius 3 is 3.00 bits per heavy atom. The van der Waals surface area contributed by atoms with Crippen LogP contribution in [0.25, 0.3) is 0 Å². The lowest BCUT2D eigenvalue weighted by Crippen LogP contribution is -2.29. The van der Waals surface area contributed by atoms with Gasteiger partial charge in [0.2, 0.25) is 5.91 Å². The highest BCUT2D eigenvalue weighted by Gasteiger charge is 2.15. The molecule has 0 unspecified atom stereocenters. The van der Waals surface area contributed by atoms with Gasteiger partial charge < -0.3 is 10.2 Å². The van der Waals surface area contributed by atoms with E-state index in [-0.39, 0.29) is 5.91 Å². The zero-order valence-electron chi connectivity index (χ0n) is 13.0. The first-order valence-electron chi connectivity index (χ1n) is 7.59. The monoisotopic (exact) mass is 346 g/mol. The minimum absolute atomic E-state index is 0.303. The van der Waals surface area contributed by atoms with Crippen LogP contribution in [0, 0.1) is 0 Å². The summed E-state index contributed by atoms with van der Waals surface area (Å²) in [5.41, 5.74) is 2.89. The Morgan fingerprint density at radius 1 is 1.38 bits per heavy atom. The molecular formula is C15H18N6O2S. The molecule has 0 spiro atoms. The van der Waals surface area contributed by atoms with Gasteiger partial charge in [0, 0.05) is 37.2 Å². The fraction of sp³-hybridized carbons (Fsp3) is 0.333. The predicted molar refractivity (Wildman–Crippen MR) is 91.5 cm³/mol.